The van der Waals surface area contributed by atoms with Gasteiger partial charge in [0.2, 0.25) is 11.1 Å². The van der Waals surface area contributed by atoms with E-state index >= 15 is 0 Å². The molecule has 0 fully saturated rings. The van der Waals surface area contributed by atoms with Crippen molar-refractivity contribution in [3.8, 4) is 0 Å². The van der Waals surface area contributed by atoms with Crippen molar-refractivity contribution in [2.24, 2.45) is 5.10 Å². The number of anilines is 2. The van der Waals surface area contributed by atoms with Crippen LogP contribution in [0.1, 0.15) is 29.8 Å². The number of fused-ring (bicyclic) bond motifs is 1. The van der Waals surface area contributed by atoms with Crippen molar-refractivity contribution in [3.05, 3.63) is 77.9 Å². The van der Waals surface area contributed by atoms with Crippen LogP contribution in [0, 0.1) is 0 Å². The second-order valence-corrected chi connectivity index (χ2v) is 8.46. The van der Waals surface area contributed by atoms with E-state index in [-0.39, 0.29) is 23.4 Å². The number of hydrazone groups is 1. The van der Waals surface area contributed by atoms with Gasteiger partial charge in [-0.15, -0.1) is 10.2 Å². The summed E-state index contributed by atoms with van der Waals surface area (Å²) in [5.74, 6) is 6.14. The number of aromatic nitrogens is 3. The predicted octanol–water partition coefficient (Wildman–Crippen LogP) is 3.91. The number of Topliss-reactive ketones (excluding diaryl/α,β-unsaturated/α-hetero) is 1. The molecular weight excluding hydrogens is 450 g/mol. The van der Waals surface area contributed by atoms with Crippen molar-refractivity contribution in [1.29, 1.82) is 0 Å². The van der Waals surface area contributed by atoms with Gasteiger partial charge in [0.15, 0.2) is 5.78 Å². The number of ketones is 1. The van der Waals surface area contributed by atoms with E-state index in [0.717, 1.165) is 33.8 Å². The maximum absolute atomic E-state index is 12.3. The zero-order valence-electron chi connectivity index (χ0n) is 18.6. The molecule has 0 radical (unpaired) electrons. The molecule has 1 amide bonds. The molecule has 4 N–H and O–H groups in total. The molecule has 10 heteroatoms. The number of nitrogens with zero attached hydrogens (tertiary/aromatic N) is 4. The fraction of sp³-hybridized carbons (Fsp3) is 0.125. The molecule has 3 aromatic carbocycles. The number of hydrogen-bond acceptors (Lipinski definition) is 8. The Hall–Kier alpha value is -4.18. The number of rotatable bonds is 8. The van der Waals surface area contributed by atoms with Gasteiger partial charge in [-0.3, -0.25) is 9.59 Å². The molecule has 0 aliphatic heterocycles. The van der Waals surface area contributed by atoms with E-state index in [1.165, 1.54) is 11.6 Å². The van der Waals surface area contributed by atoms with Crippen molar-refractivity contribution < 1.29 is 9.59 Å². The summed E-state index contributed by atoms with van der Waals surface area (Å²) in [4.78, 5) is 23.6. The Kier molecular flexibility index (Phi) is 6.88. The standard InChI is InChI=1S/C24H23N7O2S/c1-15(19-8-7-18-5-3-4-6-20(18)13-19)27-28-23-29-30-24(31(23)25)34-14-22(33)26-21-11-9-17(10-12-21)16(2)32/h3-13H,14,25H2,1-2H3,(H,26,33)(H,28,29)/b27-15+. The summed E-state index contributed by atoms with van der Waals surface area (Å²) in [5, 5.41) is 17.8. The SMILES string of the molecule is CC(=O)c1ccc(NC(=O)CSc2nnc(N/N=C(\C)c3ccc4ccccc4c3)n2N)cc1. The van der Waals surface area contributed by atoms with Gasteiger partial charge < -0.3 is 11.2 Å². The maximum atomic E-state index is 12.3. The monoisotopic (exact) mass is 473 g/mol. The van der Waals surface area contributed by atoms with E-state index in [2.05, 4.69) is 44.2 Å². The zero-order chi connectivity index (χ0) is 24.1. The minimum absolute atomic E-state index is 0.0306. The van der Waals surface area contributed by atoms with Crippen LogP contribution in [0.25, 0.3) is 10.8 Å². The molecule has 0 aliphatic carbocycles. The van der Waals surface area contributed by atoms with Gasteiger partial charge in [-0.05, 0) is 60.5 Å². The highest BCUT2D eigenvalue weighted by Crippen LogP contribution is 2.19. The van der Waals surface area contributed by atoms with Crippen LogP contribution in [0.5, 0.6) is 0 Å². The summed E-state index contributed by atoms with van der Waals surface area (Å²) < 4.78 is 1.25. The number of amides is 1. The lowest BCUT2D eigenvalue weighted by Crippen LogP contribution is -2.17. The molecule has 9 nitrogen and oxygen atoms in total. The summed E-state index contributed by atoms with van der Waals surface area (Å²) in [6.45, 7) is 3.38. The van der Waals surface area contributed by atoms with Gasteiger partial charge in [0.1, 0.15) is 0 Å². The van der Waals surface area contributed by atoms with Gasteiger partial charge in [0.05, 0.1) is 11.5 Å². The number of carbonyl (C=O) groups excluding carboxylic acids is 2. The van der Waals surface area contributed by atoms with E-state index in [1.54, 1.807) is 24.3 Å². The molecule has 0 aliphatic rings. The zero-order valence-corrected chi connectivity index (χ0v) is 19.5. The van der Waals surface area contributed by atoms with E-state index in [9.17, 15) is 9.59 Å². The Balaban J connectivity index is 1.34. The summed E-state index contributed by atoms with van der Waals surface area (Å²) >= 11 is 1.15. The lowest BCUT2D eigenvalue weighted by Gasteiger charge is -2.06. The molecule has 0 saturated carbocycles. The highest BCUT2D eigenvalue weighted by Gasteiger charge is 2.13. The lowest BCUT2D eigenvalue weighted by atomic mass is 10.0. The second-order valence-electron chi connectivity index (χ2n) is 7.52. The number of benzene rings is 3. The fourth-order valence-electron chi connectivity index (χ4n) is 3.18. The van der Waals surface area contributed by atoms with Gasteiger partial charge >= 0.3 is 0 Å². The largest absolute Gasteiger partial charge is 0.334 e. The predicted molar refractivity (Wildman–Crippen MR) is 136 cm³/mol. The average Bonchev–Trinajstić information content (AvgIpc) is 3.20. The number of thioether (sulfide) groups is 1. The van der Waals surface area contributed by atoms with Gasteiger partial charge in [-0.25, -0.2) is 10.1 Å². The Bertz CT molecular complexity index is 1380. The first-order valence-corrected chi connectivity index (χ1v) is 11.4. The number of nitrogen functional groups attached to an aromatic ring is 1. The van der Waals surface area contributed by atoms with E-state index in [1.807, 2.05) is 31.2 Å². The second kappa shape index (κ2) is 10.2. The van der Waals surface area contributed by atoms with Gasteiger partial charge in [0, 0.05) is 11.3 Å². The van der Waals surface area contributed by atoms with Crippen LogP contribution in [0.3, 0.4) is 0 Å². The maximum Gasteiger partial charge on any atom is 0.264 e. The average molecular weight is 474 g/mol. The van der Waals surface area contributed by atoms with Crippen LogP contribution >= 0.6 is 11.8 Å². The molecule has 0 spiro atoms. The van der Waals surface area contributed by atoms with Crippen molar-refractivity contribution in [1.82, 2.24) is 14.9 Å². The normalized spacial score (nSPS) is 11.4. The van der Waals surface area contributed by atoms with Crippen molar-refractivity contribution in [2.75, 3.05) is 22.3 Å². The third kappa shape index (κ3) is 5.41. The summed E-state index contributed by atoms with van der Waals surface area (Å²) in [6.07, 6.45) is 0. The first-order valence-electron chi connectivity index (χ1n) is 10.4. The van der Waals surface area contributed by atoms with Gasteiger partial charge in [-0.1, -0.05) is 48.2 Å². The number of carbonyl (C=O) groups is 2. The van der Waals surface area contributed by atoms with Gasteiger partial charge in [-0.2, -0.15) is 5.10 Å². The van der Waals surface area contributed by atoms with Crippen LogP contribution < -0.4 is 16.6 Å². The van der Waals surface area contributed by atoms with Crippen LogP contribution in [-0.4, -0.2) is 38.0 Å². The highest BCUT2D eigenvalue weighted by atomic mass is 32.2. The highest BCUT2D eigenvalue weighted by molar-refractivity contribution is 7.99. The van der Waals surface area contributed by atoms with Crippen LogP contribution in [-0.2, 0) is 4.79 Å². The van der Waals surface area contributed by atoms with Gasteiger partial charge in [0.25, 0.3) is 5.95 Å². The van der Waals surface area contributed by atoms with E-state index in [0.29, 0.717) is 16.4 Å². The molecule has 0 atom stereocenters. The van der Waals surface area contributed by atoms with Crippen molar-refractivity contribution in [3.63, 3.8) is 0 Å². The quantitative estimate of drug-likeness (QED) is 0.116. The minimum Gasteiger partial charge on any atom is -0.334 e. The molecule has 34 heavy (non-hydrogen) atoms. The molecule has 4 rings (SSSR count). The summed E-state index contributed by atoms with van der Waals surface area (Å²) in [5.41, 5.74) is 5.75. The van der Waals surface area contributed by atoms with Crippen LogP contribution in [0.2, 0.25) is 0 Å². The van der Waals surface area contributed by atoms with Crippen LogP contribution in [0.15, 0.2) is 77.0 Å². The summed E-state index contributed by atoms with van der Waals surface area (Å²) in [6, 6.07) is 20.9. The Morgan fingerprint density at radius 1 is 0.971 bits per heavy atom. The molecule has 1 heterocycles. The third-order valence-electron chi connectivity index (χ3n) is 5.06. The molecular formula is C24H23N7O2S. The third-order valence-corrected chi connectivity index (χ3v) is 6.01. The Morgan fingerprint density at radius 3 is 2.41 bits per heavy atom. The molecule has 0 unspecified atom stereocenters. The number of hydrogen-bond donors (Lipinski definition) is 3. The first kappa shape index (κ1) is 23.0. The molecule has 0 saturated heterocycles. The smallest absolute Gasteiger partial charge is 0.264 e. The number of nitrogens with two attached hydrogens (primary N) is 1. The Labute approximate surface area is 200 Å². The molecule has 4 aromatic rings. The number of nitrogens with one attached hydrogen (secondary N) is 2. The van der Waals surface area contributed by atoms with Crippen LogP contribution in [0.4, 0.5) is 11.6 Å². The lowest BCUT2D eigenvalue weighted by molar-refractivity contribution is -0.113. The fourth-order valence-corrected chi connectivity index (χ4v) is 3.84. The van der Waals surface area contributed by atoms with E-state index in [4.69, 9.17) is 5.84 Å². The first-order chi connectivity index (χ1) is 16.4. The molecule has 1 aromatic heterocycles. The van der Waals surface area contributed by atoms with Crippen molar-refractivity contribution >= 4 is 51.6 Å². The molecule has 172 valence electrons. The minimum atomic E-state index is -0.233. The Morgan fingerprint density at radius 2 is 1.68 bits per heavy atom. The van der Waals surface area contributed by atoms with E-state index < -0.39 is 0 Å². The van der Waals surface area contributed by atoms with Crippen molar-refractivity contribution in [2.45, 2.75) is 19.0 Å². The molecule has 0 bridgehead atoms. The summed E-state index contributed by atoms with van der Waals surface area (Å²) in [7, 11) is 0. The topological polar surface area (TPSA) is 127 Å².